The van der Waals surface area contributed by atoms with Gasteiger partial charge in [-0.15, -0.1) is 0 Å². The summed E-state index contributed by atoms with van der Waals surface area (Å²) < 4.78 is 0. The summed E-state index contributed by atoms with van der Waals surface area (Å²) in [5.41, 5.74) is 0.451. The monoisotopic (exact) mass is 210 g/mol. The fourth-order valence-electron chi connectivity index (χ4n) is 1.46. The second-order valence-corrected chi connectivity index (χ2v) is 5.82. The first-order valence-electron chi connectivity index (χ1n) is 6.63. The minimum absolute atomic E-state index is 0.451. The van der Waals surface area contributed by atoms with Crippen LogP contribution in [0.3, 0.4) is 0 Å². The summed E-state index contributed by atoms with van der Waals surface area (Å²) >= 11 is 0. The number of unbranched alkanes of at least 4 members (excludes halogenated alkanes) is 4. The lowest BCUT2D eigenvalue weighted by molar-refractivity contribution is 0.264. The highest BCUT2D eigenvalue weighted by molar-refractivity contribution is 4.86. The van der Waals surface area contributed by atoms with Gasteiger partial charge in [-0.25, -0.2) is 0 Å². The van der Waals surface area contributed by atoms with E-state index in [0.29, 0.717) is 5.41 Å². The molecule has 15 heavy (non-hydrogen) atoms. The van der Waals surface area contributed by atoms with Gasteiger partial charge in [0, 0.05) is 0 Å². The molecule has 0 nitrogen and oxygen atoms in total. The average molecular weight is 210 g/mol. The van der Waals surface area contributed by atoms with Crippen LogP contribution in [0.1, 0.15) is 73.1 Å². The van der Waals surface area contributed by atoms with Gasteiger partial charge in [0.25, 0.3) is 0 Å². The lowest BCUT2D eigenvalue weighted by atomic mass is 9.80. The fraction of sp³-hybridized carbons (Fsp3) is 0.867. The van der Waals surface area contributed by atoms with Crippen molar-refractivity contribution < 1.29 is 0 Å². The molecular weight excluding hydrogens is 180 g/mol. The molecule has 0 spiro atoms. The predicted molar refractivity (Wildman–Crippen MR) is 71.1 cm³/mol. The van der Waals surface area contributed by atoms with Gasteiger partial charge in [0.15, 0.2) is 0 Å². The van der Waals surface area contributed by atoms with E-state index < -0.39 is 0 Å². The molecule has 0 heterocycles. The van der Waals surface area contributed by atoms with Crippen molar-refractivity contribution in [2.75, 3.05) is 0 Å². The third-order valence-electron chi connectivity index (χ3n) is 3.36. The van der Waals surface area contributed by atoms with Gasteiger partial charge >= 0.3 is 0 Å². The van der Waals surface area contributed by atoms with E-state index in [9.17, 15) is 0 Å². The lowest BCUT2D eigenvalue weighted by Crippen LogP contribution is -2.16. The Kier molecular flexibility index (Phi) is 7.82. The average Bonchev–Trinajstić information content (AvgIpc) is 2.14. The molecule has 0 heteroatoms. The Morgan fingerprint density at radius 2 is 1.67 bits per heavy atom. The van der Waals surface area contributed by atoms with Crippen molar-refractivity contribution in [3.63, 3.8) is 0 Å². The number of rotatable bonds is 7. The van der Waals surface area contributed by atoms with Crippen LogP contribution in [0, 0.1) is 11.3 Å². The van der Waals surface area contributed by atoms with E-state index in [-0.39, 0.29) is 0 Å². The van der Waals surface area contributed by atoms with Gasteiger partial charge in [0.2, 0.25) is 0 Å². The minimum Gasteiger partial charge on any atom is -0.0885 e. The Bertz CT molecular complexity index is 159. The molecule has 0 aromatic carbocycles. The van der Waals surface area contributed by atoms with Gasteiger partial charge < -0.3 is 0 Å². The smallest absolute Gasteiger partial charge is 0.0320 e. The second-order valence-electron chi connectivity index (χ2n) is 5.82. The van der Waals surface area contributed by atoms with E-state index in [1.54, 1.807) is 0 Å². The molecule has 0 N–H and O–H groups in total. The van der Waals surface area contributed by atoms with E-state index in [1.807, 2.05) is 0 Å². The van der Waals surface area contributed by atoms with Gasteiger partial charge in [-0.3, -0.25) is 0 Å². The van der Waals surface area contributed by atoms with Gasteiger partial charge in [-0.05, 0) is 30.6 Å². The summed E-state index contributed by atoms with van der Waals surface area (Å²) in [6.07, 6.45) is 12.8. The molecule has 0 saturated carbocycles. The molecule has 90 valence electrons. The molecule has 0 saturated heterocycles. The van der Waals surface area contributed by atoms with Crippen LogP contribution in [0.15, 0.2) is 12.2 Å². The van der Waals surface area contributed by atoms with E-state index >= 15 is 0 Å². The second kappa shape index (κ2) is 7.96. The Balaban J connectivity index is 3.46. The molecule has 0 rings (SSSR count). The fourth-order valence-corrected chi connectivity index (χ4v) is 1.46. The Morgan fingerprint density at radius 1 is 1.00 bits per heavy atom. The highest BCUT2D eigenvalue weighted by atomic mass is 14.2. The number of hydrogen-bond donors (Lipinski definition) is 0. The van der Waals surface area contributed by atoms with E-state index in [0.717, 1.165) is 5.92 Å². The van der Waals surface area contributed by atoms with Crippen LogP contribution in [0.4, 0.5) is 0 Å². The van der Waals surface area contributed by atoms with Crippen LogP contribution in [-0.2, 0) is 0 Å². The van der Waals surface area contributed by atoms with Crippen molar-refractivity contribution in [1.29, 1.82) is 0 Å². The Morgan fingerprint density at radius 3 is 2.20 bits per heavy atom. The van der Waals surface area contributed by atoms with Crippen LogP contribution in [0.25, 0.3) is 0 Å². The zero-order valence-electron chi connectivity index (χ0n) is 11.5. The summed E-state index contributed by atoms with van der Waals surface area (Å²) in [4.78, 5) is 0. The molecule has 0 aliphatic rings. The zero-order chi connectivity index (χ0) is 11.7. The van der Waals surface area contributed by atoms with Crippen LogP contribution in [0.2, 0.25) is 0 Å². The standard InChI is InChI=1S/C15H30/c1-6-7-8-9-10-11-12-13-14(2)15(3,4)5/h11-12,14H,6-10,13H2,1-5H3/b12-11+. The molecule has 0 amide bonds. The maximum Gasteiger partial charge on any atom is -0.0320 e. The normalized spacial score (nSPS) is 14.7. The zero-order valence-corrected chi connectivity index (χ0v) is 11.5. The summed E-state index contributed by atoms with van der Waals surface area (Å²) in [7, 11) is 0. The topological polar surface area (TPSA) is 0 Å². The first-order chi connectivity index (χ1) is 6.98. The lowest BCUT2D eigenvalue weighted by Gasteiger charge is -2.25. The number of hydrogen-bond acceptors (Lipinski definition) is 0. The van der Waals surface area contributed by atoms with Crippen molar-refractivity contribution in [3.8, 4) is 0 Å². The highest BCUT2D eigenvalue weighted by Gasteiger charge is 2.17. The van der Waals surface area contributed by atoms with E-state index in [2.05, 4.69) is 46.8 Å². The third kappa shape index (κ3) is 8.72. The first-order valence-corrected chi connectivity index (χ1v) is 6.63. The molecule has 0 fully saturated rings. The molecule has 1 atom stereocenters. The summed E-state index contributed by atoms with van der Waals surface area (Å²) in [6.45, 7) is 11.6. The molecule has 0 aliphatic heterocycles. The minimum atomic E-state index is 0.451. The van der Waals surface area contributed by atoms with Gasteiger partial charge in [-0.2, -0.15) is 0 Å². The molecular formula is C15H30. The summed E-state index contributed by atoms with van der Waals surface area (Å²) in [5.74, 6) is 0.782. The molecule has 0 aromatic heterocycles. The van der Waals surface area contributed by atoms with Crippen molar-refractivity contribution in [2.24, 2.45) is 11.3 Å². The van der Waals surface area contributed by atoms with Gasteiger partial charge in [0.1, 0.15) is 0 Å². The maximum atomic E-state index is 2.38. The van der Waals surface area contributed by atoms with Crippen LogP contribution in [0.5, 0.6) is 0 Å². The molecule has 0 bridgehead atoms. The van der Waals surface area contributed by atoms with Crippen LogP contribution < -0.4 is 0 Å². The van der Waals surface area contributed by atoms with Crippen molar-refractivity contribution in [2.45, 2.75) is 73.1 Å². The van der Waals surface area contributed by atoms with Gasteiger partial charge in [-0.1, -0.05) is 66.0 Å². The van der Waals surface area contributed by atoms with Gasteiger partial charge in [0.05, 0.1) is 0 Å². The quantitative estimate of drug-likeness (QED) is 0.380. The summed E-state index contributed by atoms with van der Waals surface area (Å²) in [5, 5.41) is 0. The first kappa shape index (κ1) is 14.7. The molecule has 1 unspecified atom stereocenters. The van der Waals surface area contributed by atoms with Crippen molar-refractivity contribution in [3.05, 3.63) is 12.2 Å². The third-order valence-corrected chi connectivity index (χ3v) is 3.36. The van der Waals surface area contributed by atoms with E-state index in [1.165, 1.54) is 38.5 Å². The maximum absolute atomic E-state index is 2.38. The van der Waals surface area contributed by atoms with Crippen LogP contribution >= 0.6 is 0 Å². The van der Waals surface area contributed by atoms with Crippen LogP contribution in [-0.4, -0.2) is 0 Å². The summed E-state index contributed by atoms with van der Waals surface area (Å²) in [6, 6.07) is 0. The Hall–Kier alpha value is -0.260. The number of allylic oxidation sites excluding steroid dienone is 2. The van der Waals surface area contributed by atoms with Crippen molar-refractivity contribution in [1.82, 2.24) is 0 Å². The van der Waals surface area contributed by atoms with E-state index in [4.69, 9.17) is 0 Å². The molecule has 0 aromatic rings. The molecule has 0 aliphatic carbocycles. The Labute approximate surface area is 97.2 Å². The highest BCUT2D eigenvalue weighted by Crippen LogP contribution is 2.28. The molecule has 0 radical (unpaired) electrons. The van der Waals surface area contributed by atoms with Crippen molar-refractivity contribution >= 4 is 0 Å². The largest absolute Gasteiger partial charge is 0.0885 e. The SMILES string of the molecule is CCCCCC/C=C/CC(C)C(C)(C)C. The predicted octanol–water partition coefficient (Wildman–Crippen LogP) is 5.59.